The number of likely N-dealkylation sites (tertiary alicyclic amines) is 1. The first-order valence-electron chi connectivity index (χ1n) is 8.50. The van der Waals surface area contributed by atoms with Crippen molar-refractivity contribution in [3.05, 3.63) is 29.8 Å². The lowest BCUT2D eigenvalue weighted by molar-refractivity contribution is 0.220. The van der Waals surface area contributed by atoms with Crippen LogP contribution in [0.2, 0.25) is 0 Å². The largest absolute Gasteiger partial charge is 0.492 e. The van der Waals surface area contributed by atoms with Crippen LogP contribution < -0.4 is 15.4 Å². The van der Waals surface area contributed by atoms with E-state index in [1.165, 1.54) is 31.5 Å². The van der Waals surface area contributed by atoms with Gasteiger partial charge in [-0.15, -0.1) is 0 Å². The highest BCUT2D eigenvalue weighted by atomic mass is 16.5. The van der Waals surface area contributed by atoms with E-state index in [-0.39, 0.29) is 0 Å². The van der Waals surface area contributed by atoms with Gasteiger partial charge >= 0.3 is 0 Å². The van der Waals surface area contributed by atoms with Gasteiger partial charge in [-0.05, 0) is 58.0 Å². The lowest BCUT2D eigenvalue weighted by atomic mass is 9.97. The van der Waals surface area contributed by atoms with Gasteiger partial charge in [0, 0.05) is 13.6 Å². The highest BCUT2D eigenvalue weighted by molar-refractivity contribution is 5.79. The number of piperidine rings is 1. The summed E-state index contributed by atoms with van der Waals surface area (Å²) in [6.45, 7) is 6.82. The topological polar surface area (TPSA) is 48.9 Å². The third kappa shape index (κ3) is 6.48. The lowest BCUT2D eigenvalue weighted by Gasteiger charge is -2.29. The van der Waals surface area contributed by atoms with Gasteiger partial charge in [0.05, 0.1) is 6.54 Å². The van der Waals surface area contributed by atoms with Crippen molar-refractivity contribution in [3.8, 4) is 5.75 Å². The molecule has 5 nitrogen and oxygen atoms in total. The third-order valence-electron chi connectivity index (χ3n) is 4.30. The molecule has 5 heteroatoms. The molecule has 0 amide bonds. The fourth-order valence-corrected chi connectivity index (χ4v) is 2.70. The third-order valence-corrected chi connectivity index (χ3v) is 4.30. The number of benzene rings is 1. The molecule has 1 aliphatic rings. The van der Waals surface area contributed by atoms with Crippen molar-refractivity contribution in [2.45, 2.75) is 19.8 Å². The zero-order valence-corrected chi connectivity index (χ0v) is 14.6. The minimum atomic E-state index is 0.623. The van der Waals surface area contributed by atoms with Gasteiger partial charge in [0.1, 0.15) is 12.4 Å². The predicted octanol–water partition coefficient (Wildman–Crippen LogP) is 1.88. The summed E-state index contributed by atoms with van der Waals surface area (Å²) in [7, 11) is 4.00. The molecule has 1 heterocycles. The molecule has 2 rings (SSSR count). The van der Waals surface area contributed by atoms with Crippen molar-refractivity contribution < 1.29 is 4.74 Å². The molecule has 1 aromatic rings. The van der Waals surface area contributed by atoms with Crippen molar-refractivity contribution in [3.63, 3.8) is 0 Å². The van der Waals surface area contributed by atoms with E-state index in [1.54, 1.807) is 0 Å². The van der Waals surface area contributed by atoms with Gasteiger partial charge < -0.3 is 20.3 Å². The van der Waals surface area contributed by atoms with E-state index in [2.05, 4.69) is 46.6 Å². The first-order valence-corrected chi connectivity index (χ1v) is 8.50. The summed E-state index contributed by atoms with van der Waals surface area (Å²) in [4.78, 5) is 6.67. The number of guanidine groups is 1. The summed E-state index contributed by atoms with van der Waals surface area (Å²) < 4.78 is 5.71. The van der Waals surface area contributed by atoms with Crippen LogP contribution in [0.4, 0.5) is 0 Å². The number of hydrogen-bond donors (Lipinski definition) is 2. The van der Waals surface area contributed by atoms with Crippen LogP contribution in [0.5, 0.6) is 5.75 Å². The van der Waals surface area contributed by atoms with Gasteiger partial charge in [0.25, 0.3) is 0 Å². The summed E-state index contributed by atoms with van der Waals surface area (Å²) in [5.41, 5.74) is 1.24. The van der Waals surface area contributed by atoms with Crippen molar-refractivity contribution >= 4 is 5.96 Å². The van der Waals surface area contributed by atoms with Crippen LogP contribution in [0.1, 0.15) is 18.4 Å². The Kier molecular flexibility index (Phi) is 7.20. The molecule has 0 aromatic heterocycles. The highest BCUT2D eigenvalue weighted by Crippen LogP contribution is 2.14. The van der Waals surface area contributed by atoms with Gasteiger partial charge in [-0.3, -0.25) is 4.99 Å². The summed E-state index contributed by atoms with van der Waals surface area (Å²) >= 11 is 0. The molecule has 0 radical (unpaired) electrons. The maximum absolute atomic E-state index is 5.71. The summed E-state index contributed by atoms with van der Waals surface area (Å²) in [5, 5.41) is 6.73. The lowest BCUT2D eigenvalue weighted by Crippen LogP contribution is -2.43. The molecule has 1 aromatic carbocycles. The minimum absolute atomic E-state index is 0.623. The van der Waals surface area contributed by atoms with E-state index in [0.717, 1.165) is 30.7 Å². The second kappa shape index (κ2) is 9.40. The SMILES string of the molecule is CN=C(NCCOc1ccc(C)cc1)NCC1CCN(C)CC1. The molecular weight excluding hydrogens is 288 g/mol. The van der Waals surface area contributed by atoms with Crippen molar-refractivity contribution in [2.24, 2.45) is 10.9 Å². The van der Waals surface area contributed by atoms with Gasteiger partial charge in [0.15, 0.2) is 5.96 Å². The van der Waals surface area contributed by atoms with E-state index >= 15 is 0 Å². The van der Waals surface area contributed by atoms with Gasteiger partial charge in [0.2, 0.25) is 0 Å². The molecule has 128 valence electrons. The monoisotopic (exact) mass is 318 g/mol. The molecular formula is C18H30N4O. The van der Waals surface area contributed by atoms with Crippen molar-refractivity contribution in [2.75, 3.05) is 46.9 Å². The predicted molar refractivity (Wildman–Crippen MR) is 96.3 cm³/mol. The highest BCUT2D eigenvalue weighted by Gasteiger charge is 2.16. The Labute approximate surface area is 140 Å². The number of ether oxygens (including phenoxy) is 1. The van der Waals surface area contributed by atoms with Gasteiger partial charge in [-0.25, -0.2) is 0 Å². The maximum Gasteiger partial charge on any atom is 0.191 e. The molecule has 2 N–H and O–H groups in total. The quantitative estimate of drug-likeness (QED) is 0.478. The number of nitrogens with zero attached hydrogens (tertiary/aromatic N) is 2. The Morgan fingerprint density at radius 2 is 1.91 bits per heavy atom. The van der Waals surface area contributed by atoms with E-state index in [9.17, 15) is 0 Å². The normalized spacial score (nSPS) is 17.1. The van der Waals surface area contributed by atoms with Crippen molar-refractivity contribution in [1.29, 1.82) is 0 Å². The van der Waals surface area contributed by atoms with E-state index in [1.807, 2.05) is 19.2 Å². The molecule has 0 unspecified atom stereocenters. The van der Waals surface area contributed by atoms with Crippen LogP contribution >= 0.6 is 0 Å². The Balaban J connectivity index is 1.60. The summed E-state index contributed by atoms with van der Waals surface area (Å²) in [5.74, 6) is 2.51. The standard InChI is InChI=1S/C18H30N4O/c1-15-4-6-17(7-5-15)23-13-10-20-18(19-2)21-14-16-8-11-22(3)12-9-16/h4-7,16H,8-14H2,1-3H3,(H2,19,20,21). The van der Waals surface area contributed by atoms with Crippen LogP contribution in [0.15, 0.2) is 29.3 Å². The molecule has 0 spiro atoms. The molecule has 0 bridgehead atoms. The van der Waals surface area contributed by atoms with E-state index in [0.29, 0.717) is 6.61 Å². The molecule has 1 saturated heterocycles. The first-order chi connectivity index (χ1) is 11.2. The summed E-state index contributed by atoms with van der Waals surface area (Å²) in [6.07, 6.45) is 2.52. The number of nitrogens with one attached hydrogen (secondary N) is 2. The molecule has 0 aliphatic carbocycles. The Hall–Kier alpha value is -1.75. The second-order valence-corrected chi connectivity index (χ2v) is 6.29. The number of rotatable bonds is 6. The Morgan fingerprint density at radius 3 is 2.57 bits per heavy atom. The van der Waals surface area contributed by atoms with E-state index in [4.69, 9.17) is 4.74 Å². The van der Waals surface area contributed by atoms with E-state index < -0.39 is 0 Å². The average Bonchev–Trinajstić information content (AvgIpc) is 2.57. The van der Waals surface area contributed by atoms with Gasteiger partial charge in [-0.2, -0.15) is 0 Å². The summed E-state index contributed by atoms with van der Waals surface area (Å²) in [6, 6.07) is 8.13. The van der Waals surface area contributed by atoms with Gasteiger partial charge in [-0.1, -0.05) is 17.7 Å². The fourth-order valence-electron chi connectivity index (χ4n) is 2.70. The van der Waals surface area contributed by atoms with Crippen LogP contribution in [-0.4, -0.2) is 57.7 Å². The maximum atomic E-state index is 5.71. The molecule has 1 fully saturated rings. The zero-order chi connectivity index (χ0) is 16.5. The minimum Gasteiger partial charge on any atom is -0.492 e. The molecule has 0 atom stereocenters. The smallest absolute Gasteiger partial charge is 0.191 e. The zero-order valence-electron chi connectivity index (χ0n) is 14.6. The number of aryl methyl sites for hydroxylation is 1. The average molecular weight is 318 g/mol. The van der Waals surface area contributed by atoms with Crippen LogP contribution in [0.3, 0.4) is 0 Å². The Bertz CT molecular complexity index is 478. The van der Waals surface area contributed by atoms with Crippen LogP contribution in [0, 0.1) is 12.8 Å². The van der Waals surface area contributed by atoms with Crippen LogP contribution in [0.25, 0.3) is 0 Å². The number of aliphatic imine (C=N–C) groups is 1. The Morgan fingerprint density at radius 1 is 1.22 bits per heavy atom. The molecule has 1 aliphatic heterocycles. The second-order valence-electron chi connectivity index (χ2n) is 6.29. The van der Waals surface area contributed by atoms with Crippen molar-refractivity contribution in [1.82, 2.24) is 15.5 Å². The number of hydrogen-bond acceptors (Lipinski definition) is 3. The molecule has 23 heavy (non-hydrogen) atoms. The first kappa shape index (κ1) is 17.6. The van der Waals surface area contributed by atoms with Crippen LogP contribution in [-0.2, 0) is 0 Å². The molecule has 0 saturated carbocycles. The fraction of sp³-hybridized carbons (Fsp3) is 0.611.